The number of halogens is 3. The summed E-state index contributed by atoms with van der Waals surface area (Å²) in [5.41, 5.74) is -1.70. The lowest BCUT2D eigenvalue weighted by Crippen LogP contribution is -2.58. The number of carbonyl (C=O) groups excluding carboxylic acids is 4. The van der Waals surface area contributed by atoms with Gasteiger partial charge in [-0.25, -0.2) is 18.2 Å². The summed E-state index contributed by atoms with van der Waals surface area (Å²) in [6.45, 7) is 5.23. The molecule has 62 heavy (non-hydrogen) atoms. The molecular formula is C42H50F3N5O11S. The van der Waals surface area contributed by atoms with Crippen LogP contribution in [0.5, 0.6) is 17.4 Å². The fourth-order valence-electron chi connectivity index (χ4n) is 7.89. The summed E-state index contributed by atoms with van der Waals surface area (Å²) in [4.78, 5) is 62.1. The number of hydrogen-bond donors (Lipinski definition) is 3. The van der Waals surface area contributed by atoms with Crippen molar-refractivity contribution >= 4 is 44.6 Å². The number of benzene rings is 2. The molecule has 4 aliphatic rings. The van der Waals surface area contributed by atoms with Crippen LogP contribution in [0.4, 0.5) is 18.0 Å². The molecule has 4 fully saturated rings. The molecular weight excluding hydrogens is 840 g/mol. The van der Waals surface area contributed by atoms with E-state index in [-0.39, 0.29) is 44.2 Å². The van der Waals surface area contributed by atoms with Crippen LogP contribution in [0.25, 0.3) is 22.0 Å². The summed E-state index contributed by atoms with van der Waals surface area (Å²) in [6, 6.07) is 9.46. The first kappa shape index (κ1) is 44.7. The smallest absolute Gasteiger partial charge is 0.497 e. The molecule has 2 aliphatic carbocycles. The first-order chi connectivity index (χ1) is 29.2. The Hall–Kier alpha value is -5.37. The molecule has 2 aromatic carbocycles. The standard InChI is InChI=1S/C42H50F3N5O11S/c1-40(2,3)61-39(54)47-32-16-18-58-17-6-5-7-26-22-41(26,38(53)49-62(55,56)30-13-14-30)48-35(51)34-21-29(23-50(34)37(32)52)59-36-31-15-12-28(57-4)19-25(31)20-33(46-36)24-8-10-27(11-9-24)60-42(43,44)45/h8-12,15,19-20,26,29-30,32,34H,5-7,13-14,16-18,21-23H2,1-4H3,(H,47,54)(H,48,51)(H,49,53)/t26-,29-,32+,34+,41-/m1/s1. The van der Waals surface area contributed by atoms with Gasteiger partial charge in [0.25, 0.3) is 5.91 Å². The van der Waals surface area contributed by atoms with Gasteiger partial charge in [0, 0.05) is 37.0 Å². The largest absolute Gasteiger partial charge is 0.573 e. The topological polar surface area (TPSA) is 201 Å². The number of sulfonamides is 1. The summed E-state index contributed by atoms with van der Waals surface area (Å²) in [5, 5.41) is 5.92. The monoisotopic (exact) mass is 889 g/mol. The second-order valence-electron chi connectivity index (χ2n) is 17.1. The number of alkyl halides is 3. The molecule has 1 aromatic heterocycles. The number of nitrogens with zero attached hydrogens (tertiary/aromatic N) is 2. The molecule has 7 rings (SSSR count). The number of carbonyl (C=O) groups is 4. The number of fused-ring (bicyclic) bond motifs is 3. The first-order valence-corrected chi connectivity index (χ1v) is 22.1. The number of alkyl carbamates (subject to hydrolysis) is 1. The Kier molecular flexibility index (Phi) is 12.6. The zero-order valence-corrected chi connectivity index (χ0v) is 35.5. The van der Waals surface area contributed by atoms with Crippen molar-refractivity contribution in [2.75, 3.05) is 26.9 Å². The van der Waals surface area contributed by atoms with Crippen molar-refractivity contribution in [1.29, 1.82) is 0 Å². The Labute approximate surface area is 356 Å². The van der Waals surface area contributed by atoms with Crippen LogP contribution in [-0.4, -0.2) is 110 Å². The van der Waals surface area contributed by atoms with E-state index in [2.05, 4.69) is 20.1 Å². The van der Waals surface area contributed by atoms with Gasteiger partial charge in [0.05, 0.1) is 24.6 Å². The van der Waals surface area contributed by atoms with E-state index >= 15 is 0 Å². The van der Waals surface area contributed by atoms with E-state index in [0.717, 1.165) is 12.1 Å². The highest BCUT2D eigenvalue weighted by molar-refractivity contribution is 7.91. The number of rotatable bonds is 9. The fraction of sp³-hybridized carbons (Fsp3) is 0.548. The Bertz CT molecular complexity index is 2300. The number of ether oxygens (including phenoxy) is 5. The third kappa shape index (κ3) is 10.6. The normalized spacial score (nSPS) is 25.0. The molecule has 3 aromatic rings. The highest BCUT2D eigenvalue weighted by Gasteiger charge is 2.62. The molecule has 16 nitrogen and oxygen atoms in total. The zero-order valence-electron chi connectivity index (χ0n) is 34.7. The summed E-state index contributed by atoms with van der Waals surface area (Å²) in [5.74, 6) is -2.43. The maximum absolute atomic E-state index is 14.6. The van der Waals surface area contributed by atoms with Crippen molar-refractivity contribution in [1.82, 2.24) is 25.2 Å². The molecule has 20 heteroatoms. The van der Waals surface area contributed by atoms with E-state index in [1.807, 2.05) is 0 Å². The van der Waals surface area contributed by atoms with E-state index < -0.39 is 80.5 Å². The van der Waals surface area contributed by atoms with Gasteiger partial charge in [0.1, 0.15) is 40.8 Å². The minimum atomic E-state index is -4.89. The predicted molar refractivity (Wildman–Crippen MR) is 216 cm³/mol. The Balaban J connectivity index is 1.22. The molecule has 2 saturated heterocycles. The number of pyridine rings is 1. The number of methoxy groups -OCH3 is 1. The highest BCUT2D eigenvalue weighted by atomic mass is 32.2. The van der Waals surface area contributed by atoms with Crippen molar-refractivity contribution in [3.05, 3.63) is 48.5 Å². The molecule has 3 N–H and O–H groups in total. The Morgan fingerprint density at radius 1 is 0.968 bits per heavy atom. The van der Waals surface area contributed by atoms with Crippen molar-refractivity contribution < 1.29 is 64.5 Å². The van der Waals surface area contributed by atoms with Gasteiger partial charge < -0.3 is 39.2 Å². The molecule has 336 valence electrons. The van der Waals surface area contributed by atoms with Crippen LogP contribution in [0.3, 0.4) is 0 Å². The number of aromatic nitrogens is 1. The van der Waals surface area contributed by atoms with Crippen molar-refractivity contribution in [3.8, 4) is 28.6 Å². The van der Waals surface area contributed by atoms with Crippen molar-refractivity contribution in [3.63, 3.8) is 0 Å². The average Bonchev–Trinajstić information content (AvgIpc) is 4.12. The lowest BCUT2D eigenvalue weighted by atomic mass is 10.1. The Morgan fingerprint density at radius 3 is 2.37 bits per heavy atom. The number of hydrogen-bond acceptors (Lipinski definition) is 12. The van der Waals surface area contributed by atoms with Gasteiger partial charge in [-0.2, -0.15) is 0 Å². The van der Waals surface area contributed by atoms with Crippen LogP contribution < -0.4 is 29.6 Å². The minimum absolute atomic E-state index is 0.0330. The third-order valence-corrected chi connectivity index (χ3v) is 13.0. The minimum Gasteiger partial charge on any atom is -0.497 e. The van der Waals surface area contributed by atoms with Crippen LogP contribution in [0.15, 0.2) is 48.5 Å². The molecule has 3 heterocycles. The lowest BCUT2D eigenvalue weighted by Gasteiger charge is -2.30. The van der Waals surface area contributed by atoms with E-state index in [0.29, 0.717) is 66.5 Å². The average molecular weight is 890 g/mol. The second-order valence-corrected chi connectivity index (χ2v) is 19.0. The molecule has 5 atom stereocenters. The summed E-state index contributed by atoms with van der Waals surface area (Å²) < 4.78 is 94.1. The number of nitrogens with one attached hydrogen (secondary N) is 3. The van der Waals surface area contributed by atoms with Crippen LogP contribution in [-0.2, 0) is 33.9 Å². The third-order valence-electron chi connectivity index (χ3n) is 11.2. The number of amides is 4. The Morgan fingerprint density at radius 2 is 1.69 bits per heavy atom. The quantitative estimate of drug-likeness (QED) is 0.257. The van der Waals surface area contributed by atoms with Gasteiger partial charge in [-0.3, -0.25) is 19.1 Å². The summed E-state index contributed by atoms with van der Waals surface area (Å²) in [6.07, 6.45) is -3.98. The molecule has 0 spiro atoms. The first-order valence-electron chi connectivity index (χ1n) is 20.5. The molecule has 2 aliphatic heterocycles. The summed E-state index contributed by atoms with van der Waals surface area (Å²) in [7, 11) is -2.47. The van der Waals surface area contributed by atoms with Crippen LogP contribution in [0.2, 0.25) is 0 Å². The van der Waals surface area contributed by atoms with Crippen molar-refractivity contribution in [2.24, 2.45) is 5.92 Å². The lowest BCUT2D eigenvalue weighted by molar-refractivity contribution is -0.274. The molecule has 4 amide bonds. The maximum Gasteiger partial charge on any atom is 0.573 e. The van der Waals surface area contributed by atoms with Gasteiger partial charge in [-0.15, -0.1) is 13.2 Å². The van der Waals surface area contributed by atoms with Crippen LogP contribution >= 0.6 is 0 Å². The SMILES string of the molecule is COc1ccc2c(O[C@@H]3C[C@H]4C(=O)N[C@]5(C(=O)NS(=O)(=O)C6CC6)C[C@H]5CCCCOCC[C@H](NC(=O)OC(C)(C)C)C(=O)N4C3)nc(-c3ccc(OC(F)(F)F)cc3)cc2c1. The van der Waals surface area contributed by atoms with Crippen LogP contribution in [0.1, 0.15) is 72.1 Å². The van der Waals surface area contributed by atoms with Gasteiger partial charge >= 0.3 is 12.5 Å². The van der Waals surface area contributed by atoms with E-state index in [9.17, 15) is 40.8 Å². The maximum atomic E-state index is 14.6. The fourth-order valence-corrected chi connectivity index (χ4v) is 9.25. The van der Waals surface area contributed by atoms with E-state index in [1.165, 1.54) is 24.1 Å². The van der Waals surface area contributed by atoms with E-state index in [1.54, 1.807) is 45.0 Å². The molecule has 0 unspecified atom stereocenters. The van der Waals surface area contributed by atoms with Gasteiger partial charge in [-0.05, 0) is 113 Å². The van der Waals surface area contributed by atoms with Crippen molar-refractivity contribution in [2.45, 2.75) is 113 Å². The van der Waals surface area contributed by atoms with E-state index in [4.69, 9.17) is 23.9 Å². The van der Waals surface area contributed by atoms with Gasteiger partial charge in [0.15, 0.2) is 0 Å². The van der Waals surface area contributed by atoms with Gasteiger partial charge in [-0.1, -0.05) is 6.42 Å². The highest BCUT2D eigenvalue weighted by Crippen LogP contribution is 2.48. The predicted octanol–water partition coefficient (Wildman–Crippen LogP) is 5.12. The molecule has 2 saturated carbocycles. The molecule has 0 bridgehead atoms. The molecule has 0 radical (unpaired) electrons. The van der Waals surface area contributed by atoms with Gasteiger partial charge in [0.2, 0.25) is 27.7 Å². The summed E-state index contributed by atoms with van der Waals surface area (Å²) >= 11 is 0. The second kappa shape index (κ2) is 17.4. The zero-order chi connectivity index (χ0) is 44.6. The van der Waals surface area contributed by atoms with Crippen LogP contribution in [0, 0.1) is 5.92 Å².